The SMILES string of the molecule is c1ccc(-c2cc3c(N4CCC[C@@H]5CCCC[C@@H]54)ncnc3s2)cc1. The van der Waals surface area contributed by atoms with Crippen LogP contribution in [0.1, 0.15) is 38.5 Å². The molecule has 1 aliphatic carbocycles. The minimum absolute atomic E-state index is 0.681. The molecular formula is C21H23N3S. The first-order valence-electron chi connectivity index (χ1n) is 9.47. The highest BCUT2D eigenvalue weighted by Crippen LogP contribution is 2.41. The predicted molar refractivity (Wildman–Crippen MR) is 105 cm³/mol. The van der Waals surface area contributed by atoms with E-state index in [4.69, 9.17) is 4.98 Å². The number of aromatic nitrogens is 2. The van der Waals surface area contributed by atoms with E-state index >= 15 is 0 Å². The number of hydrogen-bond donors (Lipinski definition) is 0. The Labute approximate surface area is 152 Å². The van der Waals surface area contributed by atoms with Gasteiger partial charge in [0.05, 0.1) is 5.39 Å². The second kappa shape index (κ2) is 6.41. The summed E-state index contributed by atoms with van der Waals surface area (Å²) in [5.41, 5.74) is 1.27. The Kier molecular flexibility index (Phi) is 3.93. The van der Waals surface area contributed by atoms with Gasteiger partial charge in [0.15, 0.2) is 0 Å². The van der Waals surface area contributed by atoms with Crippen molar-refractivity contribution < 1.29 is 0 Å². The number of hydrogen-bond acceptors (Lipinski definition) is 4. The molecule has 3 nitrogen and oxygen atoms in total. The third kappa shape index (κ3) is 2.73. The van der Waals surface area contributed by atoms with Gasteiger partial charge in [-0.3, -0.25) is 0 Å². The van der Waals surface area contributed by atoms with E-state index in [0.717, 1.165) is 17.3 Å². The molecule has 0 unspecified atom stereocenters. The monoisotopic (exact) mass is 349 g/mol. The summed E-state index contributed by atoms with van der Waals surface area (Å²) in [5, 5.41) is 1.23. The standard InChI is InChI=1S/C21H23N3S/c1-2-8-16(9-3-1)19-13-17-20(22-14-23-21(17)25-19)24-12-6-10-15-7-4-5-11-18(15)24/h1-3,8-9,13-15,18H,4-7,10-12H2/t15-,18-/m0/s1. The van der Waals surface area contributed by atoms with Crippen molar-refractivity contribution in [1.29, 1.82) is 0 Å². The van der Waals surface area contributed by atoms with Crippen molar-refractivity contribution in [2.24, 2.45) is 5.92 Å². The van der Waals surface area contributed by atoms with Gasteiger partial charge in [-0.05, 0) is 43.2 Å². The number of thiophene rings is 1. The first-order valence-corrected chi connectivity index (χ1v) is 10.3. The lowest BCUT2D eigenvalue weighted by Crippen LogP contribution is -2.47. The Morgan fingerprint density at radius 3 is 2.72 bits per heavy atom. The number of piperidine rings is 1. The van der Waals surface area contributed by atoms with Crippen molar-refractivity contribution in [3.8, 4) is 10.4 Å². The Balaban J connectivity index is 1.58. The Morgan fingerprint density at radius 1 is 0.960 bits per heavy atom. The molecule has 0 radical (unpaired) electrons. The Hall–Kier alpha value is -1.94. The predicted octanol–water partition coefficient (Wildman–Crippen LogP) is 5.52. The fourth-order valence-electron chi connectivity index (χ4n) is 4.70. The van der Waals surface area contributed by atoms with Gasteiger partial charge in [-0.1, -0.05) is 43.2 Å². The van der Waals surface area contributed by atoms with Crippen LogP contribution in [0.15, 0.2) is 42.7 Å². The lowest BCUT2D eigenvalue weighted by molar-refractivity contribution is 0.243. The van der Waals surface area contributed by atoms with Crippen LogP contribution in [0.25, 0.3) is 20.7 Å². The third-order valence-corrected chi connectivity index (χ3v) is 6.97. The van der Waals surface area contributed by atoms with Crippen LogP contribution in [0, 0.1) is 5.92 Å². The maximum absolute atomic E-state index is 4.75. The summed E-state index contributed by atoms with van der Waals surface area (Å²) in [6.45, 7) is 1.14. The zero-order chi connectivity index (χ0) is 16.6. The van der Waals surface area contributed by atoms with E-state index in [0.29, 0.717) is 6.04 Å². The number of nitrogens with zero attached hydrogens (tertiary/aromatic N) is 3. The minimum Gasteiger partial charge on any atom is -0.353 e. The highest BCUT2D eigenvalue weighted by atomic mass is 32.1. The van der Waals surface area contributed by atoms with E-state index in [2.05, 4.69) is 46.3 Å². The zero-order valence-corrected chi connectivity index (χ0v) is 15.2. The van der Waals surface area contributed by atoms with Crippen molar-refractivity contribution in [3.05, 3.63) is 42.7 Å². The molecule has 0 N–H and O–H groups in total. The van der Waals surface area contributed by atoms with Crippen LogP contribution >= 0.6 is 11.3 Å². The fourth-order valence-corrected chi connectivity index (χ4v) is 5.70. The maximum atomic E-state index is 4.75. The maximum Gasteiger partial charge on any atom is 0.141 e. The van der Waals surface area contributed by atoms with E-state index < -0.39 is 0 Å². The van der Waals surface area contributed by atoms with Gasteiger partial charge in [0.25, 0.3) is 0 Å². The van der Waals surface area contributed by atoms with E-state index in [-0.39, 0.29) is 0 Å². The number of fused-ring (bicyclic) bond motifs is 2. The van der Waals surface area contributed by atoms with Crippen LogP contribution in [0.2, 0.25) is 0 Å². The first kappa shape index (κ1) is 15.3. The number of rotatable bonds is 2. The molecule has 0 spiro atoms. The van der Waals surface area contributed by atoms with E-state index in [1.54, 1.807) is 17.7 Å². The molecule has 2 aromatic heterocycles. The van der Waals surface area contributed by atoms with E-state index in [1.165, 1.54) is 60.2 Å². The van der Waals surface area contributed by atoms with Gasteiger partial charge >= 0.3 is 0 Å². The second-order valence-electron chi connectivity index (χ2n) is 7.34. The van der Waals surface area contributed by atoms with Crippen molar-refractivity contribution in [1.82, 2.24) is 9.97 Å². The van der Waals surface area contributed by atoms with Crippen molar-refractivity contribution in [2.75, 3.05) is 11.4 Å². The average molecular weight is 350 g/mol. The molecule has 2 aliphatic rings. The van der Waals surface area contributed by atoms with Crippen molar-refractivity contribution >= 4 is 27.4 Å². The summed E-state index contributed by atoms with van der Waals surface area (Å²) < 4.78 is 0. The largest absolute Gasteiger partial charge is 0.353 e. The molecule has 0 bridgehead atoms. The molecule has 1 aromatic carbocycles. The molecule has 2 fully saturated rings. The van der Waals surface area contributed by atoms with Crippen molar-refractivity contribution in [2.45, 2.75) is 44.6 Å². The van der Waals surface area contributed by atoms with Crippen LogP contribution in [0.3, 0.4) is 0 Å². The smallest absolute Gasteiger partial charge is 0.141 e. The lowest BCUT2D eigenvalue weighted by atomic mass is 9.78. The first-order chi connectivity index (χ1) is 12.4. The van der Waals surface area contributed by atoms with Crippen LogP contribution in [-0.4, -0.2) is 22.6 Å². The van der Waals surface area contributed by atoms with Gasteiger partial charge in [-0.25, -0.2) is 9.97 Å². The number of benzene rings is 1. The fraction of sp³-hybridized carbons (Fsp3) is 0.429. The summed E-state index contributed by atoms with van der Waals surface area (Å²) in [6.07, 6.45) is 9.95. The van der Waals surface area contributed by atoms with Gasteiger partial charge in [-0.2, -0.15) is 0 Å². The quantitative estimate of drug-likeness (QED) is 0.610. The van der Waals surface area contributed by atoms with Gasteiger partial charge < -0.3 is 4.90 Å². The topological polar surface area (TPSA) is 29.0 Å². The molecule has 1 saturated heterocycles. The summed E-state index contributed by atoms with van der Waals surface area (Å²) >= 11 is 1.78. The molecule has 3 heterocycles. The molecule has 128 valence electrons. The third-order valence-electron chi connectivity index (χ3n) is 5.88. The number of anilines is 1. The van der Waals surface area contributed by atoms with Gasteiger partial charge in [0, 0.05) is 17.5 Å². The second-order valence-corrected chi connectivity index (χ2v) is 8.37. The molecule has 1 aliphatic heterocycles. The molecule has 1 saturated carbocycles. The van der Waals surface area contributed by atoms with E-state index in [1.807, 2.05) is 0 Å². The van der Waals surface area contributed by atoms with Crippen LogP contribution in [0.5, 0.6) is 0 Å². The molecule has 0 amide bonds. The minimum atomic E-state index is 0.681. The molecule has 25 heavy (non-hydrogen) atoms. The van der Waals surface area contributed by atoms with Crippen molar-refractivity contribution in [3.63, 3.8) is 0 Å². The van der Waals surface area contributed by atoms with Gasteiger partial charge in [0.2, 0.25) is 0 Å². The molecule has 3 aromatic rings. The summed E-state index contributed by atoms with van der Waals surface area (Å²) in [4.78, 5) is 14.3. The highest BCUT2D eigenvalue weighted by molar-refractivity contribution is 7.21. The van der Waals surface area contributed by atoms with Crippen LogP contribution in [-0.2, 0) is 0 Å². The average Bonchev–Trinajstić information content (AvgIpc) is 3.13. The lowest BCUT2D eigenvalue weighted by Gasteiger charge is -2.44. The molecule has 4 heteroatoms. The highest BCUT2D eigenvalue weighted by Gasteiger charge is 2.34. The Bertz CT molecular complexity index is 871. The zero-order valence-electron chi connectivity index (χ0n) is 14.4. The summed E-state index contributed by atoms with van der Waals surface area (Å²) in [5.74, 6) is 2.03. The molecule has 2 atom stereocenters. The normalized spacial score (nSPS) is 23.6. The van der Waals surface area contributed by atoms with Gasteiger partial charge in [0.1, 0.15) is 17.0 Å². The molecule has 5 rings (SSSR count). The van der Waals surface area contributed by atoms with Gasteiger partial charge in [-0.15, -0.1) is 11.3 Å². The van der Waals surface area contributed by atoms with Crippen LogP contribution < -0.4 is 4.90 Å². The molecular weight excluding hydrogens is 326 g/mol. The Morgan fingerprint density at radius 2 is 1.80 bits per heavy atom. The summed E-state index contributed by atoms with van der Waals surface area (Å²) in [7, 11) is 0. The van der Waals surface area contributed by atoms with E-state index in [9.17, 15) is 0 Å². The van der Waals surface area contributed by atoms with Crippen LogP contribution in [0.4, 0.5) is 5.82 Å². The summed E-state index contributed by atoms with van der Waals surface area (Å²) in [6, 6.07) is 13.6.